The topological polar surface area (TPSA) is 83.2 Å². The fourth-order valence-corrected chi connectivity index (χ4v) is 1.53. The number of hydrazine groups is 1. The van der Waals surface area contributed by atoms with E-state index in [9.17, 15) is 22.8 Å². The number of halogens is 3. The Hall–Kier alpha value is -2.97. The summed E-state index contributed by atoms with van der Waals surface area (Å²) >= 11 is 0. The minimum Gasteiger partial charge on any atom is -0.406 e. The van der Waals surface area contributed by atoms with Crippen LogP contribution in [0.5, 0.6) is 5.75 Å². The summed E-state index contributed by atoms with van der Waals surface area (Å²) in [5, 5.41) is 0. The van der Waals surface area contributed by atoms with E-state index in [1.165, 1.54) is 12.3 Å². The molecule has 2 rings (SSSR count). The minimum absolute atomic E-state index is 0.0568. The summed E-state index contributed by atoms with van der Waals surface area (Å²) in [6, 6.07) is 7.37. The van der Waals surface area contributed by atoms with Crippen LogP contribution >= 0.6 is 0 Å². The lowest BCUT2D eigenvalue weighted by molar-refractivity contribution is -0.274. The van der Waals surface area contributed by atoms with E-state index >= 15 is 0 Å². The summed E-state index contributed by atoms with van der Waals surface area (Å²) in [5.41, 5.74) is 4.59. The van der Waals surface area contributed by atoms with E-state index in [2.05, 4.69) is 20.6 Å². The van der Waals surface area contributed by atoms with Gasteiger partial charge in [0.25, 0.3) is 11.8 Å². The van der Waals surface area contributed by atoms with Gasteiger partial charge in [0.2, 0.25) is 0 Å². The maximum Gasteiger partial charge on any atom is 0.573 e. The maximum atomic E-state index is 12.0. The first-order valence-electron chi connectivity index (χ1n) is 5.95. The molecule has 0 bridgehead atoms. The molecule has 2 aromatic rings. The second-order valence-electron chi connectivity index (χ2n) is 4.06. The predicted octanol–water partition coefficient (Wildman–Crippen LogP) is 1.99. The van der Waals surface area contributed by atoms with Gasteiger partial charge >= 0.3 is 6.36 Å². The SMILES string of the molecule is O=C(NNC(=O)c1ccc[nH]1)c1ccc(OC(F)(F)F)cc1. The van der Waals surface area contributed by atoms with E-state index in [0.29, 0.717) is 0 Å². The van der Waals surface area contributed by atoms with Crippen LogP contribution in [0.15, 0.2) is 42.6 Å². The molecule has 0 atom stereocenters. The van der Waals surface area contributed by atoms with Crippen molar-refractivity contribution in [3.8, 4) is 5.75 Å². The number of nitrogens with one attached hydrogen (secondary N) is 3. The summed E-state index contributed by atoms with van der Waals surface area (Å²) in [6.45, 7) is 0. The molecule has 0 radical (unpaired) electrons. The van der Waals surface area contributed by atoms with Gasteiger partial charge in [0.05, 0.1) is 0 Å². The number of carbonyl (C=O) groups excluding carboxylic acids is 2. The smallest absolute Gasteiger partial charge is 0.406 e. The van der Waals surface area contributed by atoms with E-state index in [-0.39, 0.29) is 11.3 Å². The van der Waals surface area contributed by atoms with Crippen molar-refractivity contribution in [1.29, 1.82) is 0 Å². The lowest BCUT2D eigenvalue weighted by atomic mass is 10.2. The highest BCUT2D eigenvalue weighted by Gasteiger charge is 2.31. The average Bonchev–Trinajstić information content (AvgIpc) is 2.97. The Morgan fingerprint density at radius 3 is 2.18 bits per heavy atom. The van der Waals surface area contributed by atoms with Gasteiger partial charge in [-0.15, -0.1) is 13.2 Å². The lowest BCUT2D eigenvalue weighted by Gasteiger charge is -2.09. The Bertz CT molecular complexity index is 651. The number of hydrogen-bond acceptors (Lipinski definition) is 3. The van der Waals surface area contributed by atoms with Crippen molar-refractivity contribution in [2.45, 2.75) is 6.36 Å². The Morgan fingerprint density at radius 1 is 1.00 bits per heavy atom. The van der Waals surface area contributed by atoms with Crippen LogP contribution in [0.25, 0.3) is 0 Å². The van der Waals surface area contributed by atoms with Crippen molar-refractivity contribution in [2.75, 3.05) is 0 Å². The third-order valence-electron chi connectivity index (χ3n) is 2.48. The van der Waals surface area contributed by atoms with Crippen molar-refractivity contribution in [3.63, 3.8) is 0 Å². The number of aromatic nitrogens is 1. The largest absolute Gasteiger partial charge is 0.573 e. The third kappa shape index (κ3) is 4.27. The zero-order valence-corrected chi connectivity index (χ0v) is 10.9. The van der Waals surface area contributed by atoms with Crippen molar-refractivity contribution >= 4 is 11.8 Å². The fourth-order valence-electron chi connectivity index (χ4n) is 1.53. The van der Waals surface area contributed by atoms with Crippen molar-refractivity contribution in [2.24, 2.45) is 0 Å². The second-order valence-corrected chi connectivity index (χ2v) is 4.06. The molecule has 9 heteroatoms. The van der Waals surface area contributed by atoms with Gasteiger partial charge < -0.3 is 9.72 Å². The molecule has 0 saturated carbocycles. The number of amides is 2. The predicted molar refractivity (Wildman–Crippen MR) is 68.9 cm³/mol. The van der Waals surface area contributed by atoms with Crippen LogP contribution in [0.3, 0.4) is 0 Å². The van der Waals surface area contributed by atoms with Crippen molar-refractivity contribution in [1.82, 2.24) is 15.8 Å². The molecule has 0 saturated heterocycles. The van der Waals surface area contributed by atoms with Crippen LogP contribution in [0.1, 0.15) is 20.8 Å². The molecule has 1 heterocycles. The quantitative estimate of drug-likeness (QED) is 0.758. The van der Waals surface area contributed by atoms with Gasteiger partial charge in [0.1, 0.15) is 11.4 Å². The number of ether oxygens (including phenoxy) is 1. The van der Waals surface area contributed by atoms with E-state index in [1.807, 2.05) is 0 Å². The molecule has 22 heavy (non-hydrogen) atoms. The molecule has 116 valence electrons. The maximum absolute atomic E-state index is 12.0. The summed E-state index contributed by atoms with van der Waals surface area (Å²) < 4.78 is 39.7. The van der Waals surface area contributed by atoms with Gasteiger partial charge in [-0.25, -0.2) is 0 Å². The molecule has 2 amide bonds. The van der Waals surface area contributed by atoms with Crippen LogP contribution in [0, 0.1) is 0 Å². The highest BCUT2D eigenvalue weighted by atomic mass is 19.4. The van der Waals surface area contributed by atoms with Crippen LogP contribution in [-0.4, -0.2) is 23.2 Å². The standard InChI is InChI=1S/C13H10F3N3O3/c14-13(15,16)22-9-5-3-8(4-6-9)11(20)18-19-12(21)10-2-1-7-17-10/h1-7,17H,(H,18,20)(H,19,21). The molecule has 6 nitrogen and oxygen atoms in total. The van der Waals surface area contributed by atoms with Gasteiger partial charge in [-0.1, -0.05) is 0 Å². The number of hydrogen-bond donors (Lipinski definition) is 3. The Balaban J connectivity index is 1.91. The number of aromatic amines is 1. The summed E-state index contributed by atoms with van der Waals surface area (Å²) in [6.07, 6.45) is -3.26. The van der Waals surface area contributed by atoms with Crippen LogP contribution in [0.2, 0.25) is 0 Å². The molecule has 3 N–H and O–H groups in total. The molecule has 1 aromatic carbocycles. The second kappa shape index (κ2) is 6.20. The zero-order valence-electron chi connectivity index (χ0n) is 10.9. The number of H-pyrrole nitrogens is 1. The highest BCUT2D eigenvalue weighted by Crippen LogP contribution is 2.22. The Kier molecular flexibility index (Phi) is 4.35. The fraction of sp³-hybridized carbons (Fsp3) is 0.0769. The van der Waals surface area contributed by atoms with Gasteiger partial charge in [-0.3, -0.25) is 20.4 Å². The molecule has 0 aliphatic heterocycles. The molecule has 0 unspecified atom stereocenters. The summed E-state index contributed by atoms with van der Waals surface area (Å²) in [7, 11) is 0. The summed E-state index contributed by atoms with van der Waals surface area (Å²) in [4.78, 5) is 25.9. The normalized spacial score (nSPS) is 10.9. The first kappa shape index (κ1) is 15.4. The van der Waals surface area contributed by atoms with E-state index < -0.39 is 23.9 Å². The zero-order chi connectivity index (χ0) is 16.2. The van der Waals surface area contributed by atoms with Crippen molar-refractivity contribution < 1.29 is 27.5 Å². The highest BCUT2D eigenvalue weighted by molar-refractivity contribution is 5.98. The first-order chi connectivity index (χ1) is 10.3. The third-order valence-corrected chi connectivity index (χ3v) is 2.48. The molecule has 0 aliphatic rings. The van der Waals surface area contributed by atoms with Crippen LogP contribution < -0.4 is 15.6 Å². The first-order valence-corrected chi connectivity index (χ1v) is 5.95. The summed E-state index contributed by atoms with van der Waals surface area (Å²) in [5.74, 6) is -1.69. The molecular weight excluding hydrogens is 303 g/mol. The number of alkyl halides is 3. The van der Waals surface area contributed by atoms with Gasteiger partial charge in [0.15, 0.2) is 0 Å². The van der Waals surface area contributed by atoms with E-state index in [0.717, 1.165) is 24.3 Å². The van der Waals surface area contributed by atoms with E-state index in [4.69, 9.17) is 0 Å². The van der Waals surface area contributed by atoms with Gasteiger partial charge in [0, 0.05) is 11.8 Å². The van der Waals surface area contributed by atoms with Gasteiger partial charge in [-0.05, 0) is 36.4 Å². The Labute approximate surface area is 122 Å². The molecule has 0 spiro atoms. The Morgan fingerprint density at radius 2 is 1.64 bits per heavy atom. The van der Waals surface area contributed by atoms with Gasteiger partial charge in [-0.2, -0.15) is 0 Å². The van der Waals surface area contributed by atoms with Crippen LogP contribution in [-0.2, 0) is 0 Å². The van der Waals surface area contributed by atoms with Crippen molar-refractivity contribution in [3.05, 3.63) is 53.9 Å². The lowest BCUT2D eigenvalue weighted by Crippen LogP contribution is -2.41. The molecular formula is C13H10F3N3O3. The number of carbonyl (C=O) groups is 2. The monoisotopic (exact) mass is 313 g/mol. The number of benzene rings is 1. The molecule has 1 aromatic heterocycles. The number of rotatable bonds is 3. The van der Waals surface area contributed by atoms with Crippen LogP contribution in [0.4, 0.5) is 13.2 Å². The minimum atomic E-state index is -4.80. The molecule has 0 aliphatic carbocycles. The molecule has 0 fully saturated rings. The van der Waals surface area contributed by atoms with E-state index in [1.54, 1.807) is 6.07 Å². The average molecular weight is 313 g/mol.